The maximum Gasteiger partial charge on any atom is 0.0998 e. The first-order chi connectivity index (χ1) is 19.7. The van der Waals surface area contributed by atoms with E-state index in [0.717, 1.165) is 22.3 Å². The summed E-state index contributed by atoms with van der Waals surface area (Å²) in [6.07, 6.45) is 0. The predicted molar refractivity (Wildman–Crippen MR) is 173 cm³/mol. The molecule has 0 saturated heterocycles. The molecule has 0 radical (unpaired) electrons. The first-order valence-corrected chi connectivity index (χ1v) is 14.9. The minimum atomic E-state index is 0.684. The fourth-order valence-electron chi connectivity index (χ4n) is 5.76. The lowest BCUT2D eigenvalue weighted by Crippen LogP contribution is -1.88. The van der Waals surface area contributed by atoms with Gasteiger partial charge in [-0.3, -0.25) is 0 Å². The van der Waals surface area contributed by atoms with Crippen molar-refractivity contribution in [3.8, 4) is 39.4 Å². The van der Waals surface area contributed by atoms with Crippen molar-refractivity contribution < 1.29 is 0 Å². The second-order valence-electron chi connectivity index (χ2n) is 10.1. The average Bonchev–Trinajstić information content (AvgIpc) is 3.58. The normalized spacial score (nSPS) is 11.5. The summed E-state index contributed by atoms with van der Waals surface area (Å²) in [7, 11) is 0. The van der Waals surface area contributed by atoms with E-state index in [0.29, 0.717) is 5.56 Å². The lowest BCUT2D eigenvalue weighted by atomic mass is 9.91. The number of thiophene rings is 2. The third kappa shape index (κ3) is 3.73. The molecule has 0 unspecified atom stereocenters. The van der Waals surface area contributed by atoms with E-state index in [1.165, 1.54) is 51.5 Å². The molecule has 0 aliphatic heterocycles. The van der Waals surface area contributed by atoms with E-state index in [9.17, 15) is 5.26 Å². The van der Waals surface area contributed by atoms with Gasteiger partial charge in [-0.15, -0.1) is 22.7 Å². The summed E-state index contributed by atoms with van der Waals surface area (Å²) >= 11 is 3.68. The summed E-state index contributed by atoms with van der Waals surface area (Å²) in [5.41, 5.74) is 7.34. The maximum absolute atomic E-state index is 9.90. The highest BCUT2D eigenvalue weighted by Crippen LogP contribution is 2.41. The summed E-state index contributed by atoms with van der Waals surface area (Å²) < 4.78 is 5.21. The highest BCUT2D eigenvalue weighted by molar-refractivity contribution is 7.26. The van der Waals surface area contributed by atoms with Gasteiger partial charge in [-0.2, -0.15) is 5.26 Å². The Morgan fingerprint density at radius 1 is 0.400 bits per heavy atom. The van der Waals surface area contributed by atoms with Gasteiger partial charge >= 0.3 is 0 Å². The minimum Gasteiger partial charge on any atom is -0.192 e. The van der Waals surface area contributed by atoms with Gasteiger partial charge in [0.25, 0.3) is 0 Å². The number of fused-ring (bicyclic) bond motifs is 6. The molecule has 1 nitrogen and oxygen atoms in total. The van der Waals surface area contributed by atoms with Crippen molar-refractivity contribution >= 4 is 63.0 Å². The third-order valence-corrected chi connectivity index (χ3v) is 10.0. The van der Waals surface area contributed by atoms with Crippen LogP contribution in [0.2, 0.25) is 0 Å². The molecule has 2 aromatic heterocycles. The summed E-state index contributed by atoms with van der Waals surface area (Å²) in [4.78, 5) is 0. The van der Waals surface area contributed by atoms with E-state index in [1.807, 2.05) is 46.9 Å². The molecule has 0 N–H and O–H groups in total. The van der Waals surface area contributed by atoms with Crippen LogP contribution in [0, 0.1) is 11.3 Å². The van der Waals surface area contributed by atoms with Crippen LogP contribution < -0.4 is 0 Å². The standard InChI is InChI=1S/C37H21NS2/c38-22-25-7-1-2-8-29(25)28-18-26(23-13-15-36-32(20-23)30-9-3-5-11-34(30)39-36)17-27(19-28)24-14-16-37-33(21-24)31-10-4-6-12-35(31)40-37/h1-21H. The SMILES string of the molecule is N#Cc1ccccc1-c1cc(-c2ccc3sc4ccccc4c3c2)cc(-c2ccc3sc4ccccc4c3c2)c1. The predicted octanol–water partition coefficient (Wildman–Crippen LogP) is 11.3. The van der Waals surface area contributed by atoms with Crippen molar-refractivity contribution in [3.05, 3.63) is 133 Å². The van der Waals surface area contributed by atoms with Gasteiger partial charge < -0.3 is 0 Å². The fourth-order valence-corrected chi connectivity index (χ4v) is 7.93. The average molecular weight is 544 g/mol. The molecule has 186 valence electrons. The zero-order chi connectivity index (χ0) is 26.6. The Morgan fingerprint density at radius 2 is 0.875 bits per heavy atom. The number of nitrogens with zero attached hydrogens (tertiary/aromatic N) is 1. The fraction of sp³-hybridized carbons (Fsp3) is 0. The van der Waals surface area contributed by atoms with Crippen LogP contribution in [0.3, 0.4) is 0 Å². The Labute approximate surface area is 239 Å². The van der Waals surface area contributed by atoms with Gasteiger partial charge in [0, 0.05) is 40.3 Å². The molecule has 40 heavy (non-hydrogen) atoms. The molecular formula is C37H21NS2. The van der Waals surface area contributed by atoms with Crippen LogP contribution in [-0.4, -0.2) is 0 Å². The molecule has 3 heteroatoms. The van der Waals surface area contributed by atoms with E-state index >= 15 is 0 Å². The summed E-state index contributed by atoms with van der Waals surface area (Å²) in [5.74, 6) is 0. The van der Waals surface area contributed by atoms with Crippen LogP contribution in [0.1, 0.15) is 5.56 Å². The van der Waals surface area contributed by atoms with Crippen molar-refractivity contribution in [1.29, 1.82) is 5.26 Å². The van der Waals surface area contributed by atoms with Crippen molar-refractivity contribution in [2.45, 2.75) is 0 Å². The molecule has 0 spiro atoms. The van der Waals surface area contributed by atoms with Crippen LogP contribution in [-0.2, 0) is 0 Å². The van der Waals surface area contributed by atoms with E-state index in [4.69, 9.17) is 0 Å². The van der Waals surface area contributed by atoms with Crippen molar-refractivity contribution in [2.75, 3.05) is 0 Å². The molecule has 0 atom stereocenters. The molecule has 0 aliphatic carbocycles. The second kappa shape index (κ2) is 9.17. The van der Waals surface area contributed by atoms with Gasteiger partial charge in [0.15, 0.2) is 0 Å². The van der Waals surface area contributed by atoms with Gasteiger partial charge in [-0.05, 0) is 94.0 Å². The summed E-state index contributed by atoms with van der Waals surface area (Å²) in [6.45, 7) is 0. The Hall–Kier alpha value is -4.75. The number of hydrogen-bond donors (Lipinski definition) is 0. The quantitative estimate of drug-likeness (QED) is 0.217. The third-order valence-electron chi connectivity index (χ3n) is 7.71. The van der Waals surface area contributed by atoms with E-state index in [-0.39, 0.29) is 0 Å². The van der Waals surface area contributed by atoms with Crippen LogP contribution in [0.4, 0.5) is 0 Å². The molecule has 0 aliphatic rings. The number of rotatable bonds is 3. The van der Waals surface area contributed by atoms with Gasteiger partial charge in [0.1, 0.15) is 0 Å². The Morgan fingerprint density at radius 3 is 1.45 bits per heavy atom. The highest BCUT2D eigenvalue weighted by atomic mass is 32.1. The topological polar surface area (TPSA) is 23.8 Å². The van der Waals surface area contributed by atoms with Gasteiger partial charge in [-0.1, -0.05) is 66.7 Å². The second-order valence-corrected chi connectivity index (χ2v) is 12.2. The summed E-state index contributed by atoms with van der Waals surface area (Å²) in [6, 6.07) is 47.9. The summed E-state index contributed by atoms with van der Waals surface area (Å²) in [5, 5.41) is 15.1. The zero-order valence-corrected chi connectivity index (χ0v) is 23.0. The van der Waals surface area contributed by atoms with Crippen molar-refractivity contribution in [3.63, 3.8) is 0 Å². The van der Waals surface area contributed by atoms with Crippen LogP contribution in [0.25, 0.3) is 73.7 Å². The van der Waals surface area contributed by atoms with Crippen molar-refractivity contribution in [2.24, 2.45) is 0 Å². The lowest BCUT2D eigenvalue weighted by molar-refractivity contribution is 1.48. The molecule has 0 fully saturated rings. The number of nitriles is 1. The molecule has 0 saturated carbocycles. The smallest absolute Gasteiger partial charge is 0.0998 e. The number of benzene rings is 6. The Balaban J connectivity index is 1.37. The first-order valence-electron chi connectivity index (χ1n) is 13.2. The van der Waals surface area contributed by atoms with E-state index in [2.05, 4.69) is 109 Å². The van der Waals surface area contributed by atoms with Crippen molar-refractivity contribution in [1.82, 2.24) is 0 Å². The maximum atomic E-state index is 9.90. The zero-order valence-electron chi connectivity index (χ0n) is 21.4. The van der Waals surface area contributed by atoms with Gasteiger partial charge in [0.05, 0.1) is 11.6 Å². The molecule has 0 bridgehead atoms. The van der Waals surface area contributed by atoms with Crippen LogP contribution in [0.15, 0.2) is 127 Å². The highest BCUT2D eigenvalue weighted by Gasteiger charge is 2.13. The molecular weight excluding hydrogens is 523 g/mol. The first kappa shape index (κ1) is 23.2. The molecule has 0 amide bonds. The Kier molecular flexibility index (Phi) is 5.31. The lowest BCUT2D eigenvalue weighted by Gasteiger charge is -2.13. The Bertz CT molecular complexity index is 2160. The molecule has 2 heterocycles. The molecule has 6 aromatic carbocycles. The number of hydrogen-bond acceptors (Lipinski definition) is 3. The van der Waals surface area contributed by atoms with E-state index in [1.54, 1.807) is 0 Å². The van der Waals surface area contributed by atoms with Gasteiger partial charge in [-0.25, -0.2) is 0 Å². The van der Waals surface area contributed by atoms with Gasteiger partial charge in [0.2, 0.25) is 0 Å². The molecule has 8 rings (SSSR count). The molecule has 8 aromatic rings. The minimum absolute atomic E-state index is 0.684. The van der Waals surface area contributed by atoms with Crippen LogP contribution >= 0.6 is 22.7 Å². The monoisotopic (exact) mass is 543 g/mol. The largest absolute Gasteiger partial charge is 0.192 e. The van der Waals surface area contributed by atoms with Crippen LogP contribution in [0.5, 0.6) is 0 Å². The van der Waals surface area contributed by atoms with E-state index < -0.39 is 0 Å².